The van der Waals surface area contributed by atoms with E-state index in [1.165, 1.54) is 0 Å². The molecule has 3 aromatic carbocycles. The van der Waals surface area contributed by atoms with Crippen LogP contribution in [0.25, 0.3) is 11.7 Å². The maximum absolute atomic E-state index is 13.4. The second kappa shape index (κ2) is 10.6. The van der Waals surface area contributed by atoms with Crippen molar-refractivity contribution in [3.8, 4) is 0 Å². The van der Waals surface area contributed by atoms with Gasteiger partial charge in [-0.05, 0) is 25.1 Å². The van der Waals surface area contributed by atoms with Gasteiger partial charge in [0.2, 0.25) is 0 Å². The molecule has 0 radical (unpaired) electrons. The smallest absolute Gasteiger partial charge is 0.356 e. The van der Waals surface area contributed by atoms with E-state index in [-0.39, 0.29) is 12.3 Å². The Bertz CT molecular complexity index is 1460. The Labute approximate surface area is 210 Å². The molecule has 0 spiro atoms. The Morgan fingerprint density at radius 3 is 1.89 bits per heavy atom. The van der Waals surface area contributed by atoms with Crippen LogP contribution in [0, 0.1) is 0 Å². The summed E-state index contributed by atoms with van der Waals surface area (Å²) in [5.74, 6) is -0.462. The summed E-state index contributed by atoms with van der Waals surface area (Å²) in [5.41, 5.74) is 1.80. The van der Waals surface area contributed by atoms with Crippen LogP contribution in [0.2, 0.25) is 0 Å². The minimum absolute atomic E-state index is 0.256. The third-order valence-electron chi connectivity index (χ3n) is 5.86. The van der Waals surface area contributed by atoms with Gasteiger partial charge in [-0.1, -0.05) is 97.1 Å². The summed E-state index contributed by atoms with van der Waals surface area (Å²) >= 11 is 0. The van der Waals surface area contributed by atoms with Crippen molar-refractivity contribution in [2.24, 2.45) is 4.74 Å². The third-order valence-corrected chi connectivity index (χ3v) is 9.51. The predicted octanol–water partition coefficient (Wildman–Crippen LogP) is 5.42. The van der Waals surface area contributed by atoms with E-state index in [9.17, 15) is 4.79 Å². The molecule has 36 heavy (non-hydrogen) atoms. The molecule has 0 aliphatic rings. The minimum Gasteiger partial charge on any atom is -0.461 e. The summed E-state index contributed by atoms with van der Waals surface area (Å²) in [6, 6.07) is 36.4. The van der Waals surface area contributed by atoms with Crippen LogP contribution in [0.5, 0.6) is 0 Å². The van der Waals surface area contributed by atoms with Crippen LogP contribution >= 0.6 is 7.05 Å². The number of nitrogens with zero attached hydrogens (tertiary/aromatic N) is 3. The van der Waals surface area contributed by atoms with Gasteiger partial charge in [0.05, 0.1) is 25.6 Å². The molecule has 5 nitrogen and oxygen atoms in total. The van der Waals surface area contributed by atoms with Crippen LogP contribution in [0.15, 0.2) is 132 Å². The highest BCUT2D eigenvalue weighted by atomic mass is 31.2. The number of ether oxygens (including phenoxy) is 1. The van der Waals surface area contributed by atoms with E-state index in [0.29, 0.717) is 0 Å². The maximum Gasteiger partial charge on any atom is 0.356 e. The second-order valence-electron chi connectivity index (χ2n) is 8.10. The van der Waals surface area contributed by atoms with Crippen molar-refractivity contribution in [1.29, 1.82) is 0 Å². The van der Waals surface area contributed by atoms with Crippen molar-refractivity contribution in [3.05, 3.63) is 133 Å². The van der Waals surface area contributed by atoms with Gasteiger partial charge in [0.15, 0.2) is 0 Å². The number of hydrogen-bond donors (Lipinski definition) is 0. The van der Waals surface area contributed by atoms with Gasteiger partial charge in [-0.15, -0.1) is 0 Å². The first-order valence-corrected chi connectivity index (χ1v) is 13.6. The van der Waals surface area contributed by atoms with Gasteiger partial charge in [0.1, 0.15) is 11.3 Å². The van der Waals surface area contributed by atoms with E-state index in [2.05, 4.69) is 41.4 Å². The fourth-order valence-electron chi connectivity index (χ4n) is 4.25. The number of pyridine rings is 1. The molecule has 0 bridgehead atoms. The molecule has 0 N–H and O–H groups in total. The number of aromatic nitrogens is 2. The molecule has 0 amide bonds. The predicted molar refractivity (Wildman–Crippen MR) is 147 cm³/mol. The van der Waals surface area contributed by atoms with Crippen molar-refractivity contribution >= 4 is 40.7 Å². The third kappa shape index (κ3) is 4.53. The zero-order valence-corrected chi connectivity index (χ0v) is 20.8. The van der Waals surface area contributed by atoms with Gasteiger partial charge in [-0.2, -0.15) is 0 Å². The molecule has 2 heterocycles. The number of fused-ring (bicyclic) bond motifs is 1. The van der Waals surface area contributed by atoms with E-state index >= 15 is 0 Å². The van der Waals surface area contributed by atoms with Crippen molar-refractivity contribution in [2.45, 2.75) is 6.92 Å². The van der Waals surface area contributed by atoms with Crippen LogP contribution in [0.4, 0.5) is 0 Å². The summed E-state index contributed by atoms with van der Waals surface area (Å²) < 4.78 is 12.8. The number of imidazole rings is 1. The molecule has 6 heteroatoms. The molecule has 5 aromatic rings. The lowest BCUT2D eigenvalue weighted by molar-refractivity contribution is -0.138. The summed E-state index contributed by atoms with van der Waals surface area (Å²) in [7, 11) is -2.64. The minimum atomic E-state index is -2.64. The SMILES string of the molecule is CCOC(=O)/C(=C/c1cnc2ccccn12)N=P(c1ccccc1)(c1ccccc1)c1ccccc1. The van der Waals surface area contributed by atoms with Gasteiger partial charge in [-0.3, -0.25) is 0 Å². The van der Waals surface area contributed by atoms with Crippen molar-refractivity contribution in [3.63, 3.8) is 0 Å². The molecule has 5 rings (SSSR count). The number of hydrogen-bond acceptors (Lipinski definition) is 4. The lowest BCUT2D eigenvalue weighted by atomic mass is 10.3. The van der Waals surface area contributed by atoms with Gasteiger partial charge in [-0.25, -0.2) is 14.5 Å². The summed E-state index contributed by atoms with van der Waals surface area (Å²) in [4.78, 5) is 17.9. The highest BCUT2D eigenvalue weighted by molar-refractivity contribution is 7.87. The Balaban J connectivity index is 1.87. The van der Waals surface area contributed by atoms with Crippen molar-refractivity contribution in [2.75, 3.05) is 6.61 Å². The zero-order valence-electron chi connectivity index (χ0n) is 19.9. The maximum atomic E-state index is 13.4. The standard InChI is InChI=1S/C30H26N3O2P/c1-2-35-30(34)28(22-24-23-31-29-20-12-13-21-33(24)29)32-36(25-14-6-3-7-15-25,26-16-8-4-9-17-26)27-18-10-5-11-19-27/h3-23H,2H2,1H3/b28-22-. The Morgan fingerprint density at radius 1 is 0.833 bits per heavy atom. The van der Waals surface area contributed by atoms with Gasteiger partial charge >= 0.3 is 5.97 Å². The van der Waals surface area contributed by atoms with Crippen LogP contribution in [-0.2, 0) is 9.53 Å². The topological polar surface area (TPSA) is 56.0 Å². The van der Waals surface area contributed by atoms with Crippen LogP contribution in [0.3, 0.4) is 0 Å². The molecule has 0 atom stereocenters. The van der Waals surface area contributed by atoms with Crippen molar-refractivity contribution < 1.29 is 9.53 Å². The molecule has 0 aliphatic carbocycles. The van der Waals surface area contributed by atoms with Gasteiger partial charge in [0, 0.05) is 22.1 Å². The Morgan fingerprint density at radius 2 is 1.36 bits per heavy atom. The van der Waals surface area contributed by atoms with Crippen LogP contribution < -0.4 is 15.9 Å². The Hall–Kier alpha value is -4.21. The average molecular weight is 492 g/mol. The molecule has 0 aliphatic heterocycles. The van der Waals surface area contributed by atoms with Gasteiger partial charge < -0.3 is 9.14 Å². The van der Waals surface area contributed by atoms with Crippen molar-refractivity contribution in [1.82, 2.24) is 9.38 Å². The molecule has 0 fully saturated rings. The summed E-state index contributed by atoms with van der Waals surface area (Å²) in [6.07, 6.45) is 5.45. The fourth-order valence-corrected chi connectivity index (χ4v) is 7.76. The second-order valence-corrected chi connectivity index (χ2v) is 11.1. The van der Waals surface area contributed by atoms with E-state index < -0.39 is 13.0 Å². The van der Waals surface area contributed by atoms with E-state index in [4.69, 9.17) is 9.48 Å². The number of carbonyl (C=O) groups is 1. The van der Waals surface area contributed by atoms with E-state index in [1.54, 1.807) is 19.2 Å². The normalized spacial score (nSPS) is 11.9. The fraction of sp³-hybridized carbons (Fsp3) is 0.0667. The summed E-state index contributed by atoms with van der Waals surface area (Å²) in [5, 5.41) is 3.15. The average Bonchev–Trinajstić information content (AvgIpc) is 3.35. The highest BCUT2D eigenvalue weighted by Crippen LogP contribution is 2.48. The first kappa shape index (κ1) is 23.5. The number of benzene rings is 3. The zero-order chi connectivity index (χ0) is 24.8. The summed E-state index contributed by atoms with van der Waals surface area (Å²) in [6.45, 7) is 2.06. The molecule has 178 valence electrons. The highest BCUT2D eigenvalue weighted by Gasteiger charge is 2.29. The molecular weight excluding hydrogens is 465 g/mol. The van der Waals surface area contributed by atoms with E-state index in [0.717, 1.165) is 27.3 Å². The van der Waals surface area contributed by atoms with Gasteiger partial charge in [0.25, 0.3) is 0 Å². The first-order chi connectivity index (χ1) is 17.7. The lowest BCUT2D eigenvalue weighted by Gasteiger charge is -2.27. The molecule has 0 unspecified atom stereocenters. The van der Waals surface area contributed by atoms with Crippen LogP contribution in [-0.4, -0.2) is 22.0 Å². The Kier molecular flexibility index (Phi) is 6.92. The first-order valence-electron chi connectivity index (χ1n) is 11.8. The number of rotatable bonds is 7. The largest absolute Gasteiger partial charge is 0.461 e. The monoisotopic (exact) mass is 491 g/mol. The molecule has 0 saturated heterocycles. The lowest BCUT2D eigenvalue weighted by Crippen LogP contribution is -2.26. The quantitative estimate of drug-likeness (QED) is 0.174. The van der Waals surface area contributed by atoms with Crippen LogP contribution in [0.1, 0.15) is 12.6 Å². The molecule has 2 aromatic heterocycles. The molecule has 0 saturated carbocycles. The molecular formula is C30H26N3O2P. The number of carbonyl (C=O) groups excluding carboxylic acids is 1. The van der Waals surface area contributed by atoms with E-state index in [1.807, 2.05) is 83.4 Å². The number of esters is 1.